The molecule has 2 N–H and O–H groups in total. The van der Waals surface area contributed by atoms with Gasteiger partial charge in [-0.3, -0.25) is 9.59 Å². The summed E-state index contributed by atoms with van der Waals surface area (Å²) in [6.45, 7) is 9.44. The summed E-state index contributed by atoms with van der Waals surface area (Å²) < 4.78 is 0. The number of nitrogens with one attached hydrogen (secondary N) is 1. The van der Waals surface area contributed by atoms with Crippen LogP contribution in [0.3, 0.4) is 0 Å². The van der Waals surface area contributed by atoms with Crippen molar-refractivity contribution in [3.8, 4) is 0 Å². The van der Waals surface area contributed by atoms with Crippen LogP contribution in [-0.2, 0) is 9.59 Å². The fraction of sp³-hybridized carbons (Fsp3) is 0.692. The highest BCUT2D eigenvalue weighted by molar-refractivity contribution is 5.83. The lowest BCUT2D eigenvalue weighted by atomic mass is 9.65. The van der Waals surface area contributed by atoms with E-state index in [1.54, 1.807) is 13.0 Å². The number of carbonyl (C=O) groups excluding carboxylic acids is 1. The quantitative estimate of drug-likeness (QED) is 0.735. The molecule has 1 rings (SSSR count). The first kappa shape index (κ1) is 13.7. The second-order valence-corrected chi connectivity index (χ2v) is 5.48. The van der Waals surface area contributed by atoms with Crippen LogP contribution in [0.25, 0.3) is 0 Å². The summed E-state index contributed by atoms with van der Waals surface area (Å²) in [5, 5.41) is 12.1. The summed E-state index contributed by atoms with van der Waals surface area (Å²) in [6, 6.07) is 0. The third-order valence-corrected chi connectivity index (χ3v) is 4.44. The van der Waals surface area contributed by atoms with Crippen molar-refractivity contribution in [2.75, 3.05) is 6.54 Å². The van der Waals surface area contributed by atoms with Gasteiger partial charge in [-0.15, -0.1) is 6.58 Å². The molecule has 1 aliphatic carbocycles. The number of hydrogen-bond donors (Lipinski definition) is 2. The lowest BCUT2D eigenvalue weighted by Gasteiger charge is -2.37. The molecule has 1 saturated carbocycles. The van der Waals surface area contributed by atoms with Crippen LogP contribution in [0.4, 0.5) is 0 Å². The van der Waals surface area contributed by atoms with Crippen molar-refractivity contribution in [3.05, 3.63) is 12.7 Å². The molecule has 0 bridgehead atoms. The average Bonchev–Trinajstić information content (AvgIpc) is 2.48. The molecular weight excluding hydrogens is 218 g/mol. The van der Waals surface area contributed by atoms with Gasteiger partial charge in [0.2, 0.25) is 5.91 Å². The van der Waals surface area contributed by atoms with Crippen molar-refractivity contribution >= 4 is 11.9 Å². The highest BCUT2D eigenvalue weighted by atomic mass is 16.4. The first-order valence-corrected chi connectivity index (χ1v) is 5.89. The maximum Gasteiger partial charge on any atom is 0.309 e. The fourth-order valence-electron chi connectivity index (χ4n) is 2.64. The Morgan fingerprint density at radius 2 is 2.06 bits per heavy atom. The van der Waals surface area contributed by atoms with Crippen molar-refractivity contribution in [2.24, 2.45) is 16.7 Å². The molecule has 4 heteroatoms. The third kappa shape index (κ3) is 2.08. The maximum absolute atomic E-state index is 12.0. The molecule has 0 aromatic heterocycles. The molecule has 0 radical (unpaired) electrons. The van der Waals surface area contributed by atoms with Crippen LogP contribution in [0, 0.1) is 16.7 Å². The summed E-state index contributed by atoms with van der Waals surface area (Å²) in [7, 11) is 0. The van der Waals surface area contributed by atoms with Crippen molar-refractivity contribution in [2.45, 2.75) is 33.6 Å². The molecule has 0 spiro atoms. The lowest BCUT2D eigenvalue weighted by molar-refractivity contribution is -0.155. The summed E-state index contributed by atoms with van der Waals surface area (Å²) >= 11 is 0. The standard InChI is InChI=1S/C13H21NO3/c1-5-8-14-10(15)9-6-7-13(4,11(16)17)12(9,2)3/h5,9H,1,6-8H2,2-4H3,(H,14,15)(H,16,17). The van der Waals surface area contributed by atoms with Gasteiger partial charge in [-0.25, -0.2) is 0 Å². The van der Waals surface area contributed by atoms with Gasteiger partial charge < -0.3 is 10.4 Å². The number of hydrogen-bond acceptors (Lipinski definition) is 2. The van der Waals surface area contributed by atoms with Gasteiger partial charge in [0.05, 0.1) is 5.41 Å². The van der Waals surface area contributed by atoms with Gasteiger partial charge in [0, 0.05) is 12.5 Å². The number of carboxylic acid groups (broad SMARTS) is 1. The molecule has 0 heterocycles. The number of carboxylic acids is 1. The fourth-order valence-corrected chi connectivity index (χ4v) is 2.64. The normalized spacial score (nSPS) is 30.9. The molecular formula is C13H21NO3. The van der Waals surface area contributed by atoms with Crippen LogP contribution >= 0.6 is 0 Å². The molecule has 4 nitrogen and oxygen atoms in total. The average molecular weight is 239 g/mol. The monoisotopic (exact) mass is 239 g/mol. The van der Waals surface area contributed by atoms with Crippen molar-refractivity contribution in [3.63, 3.8) is 0 Å². The van der Waals surface area contributed by atoms with Gasteiger partial charge in [-0.05, 0) is 25.2 Å². The van der Waals surface area contributed by atoms with Crippen LogP contribution in [-0.4, -0.2) is 23.5 Å². The third-order valence-electron chi connectivity index (χ3n) is 4.44. The van der Waals surface area contributed by atoms with Crippen LogP contribution in [0.15, 0.2) is 12.7 Å². The van der Waals surface area contributed by atoms with Crippen LogP contribution in [0.1, 0.15) is 33.6 Å². The minimum atomic E-state index is -0.830. The molecule has 1 amide bonds. The van der Waals surface area contributed by atoms with Crippen molar-refractivity contribution in [1.29, 1.82) is 0 Å². The highest BCUT2D eigenvalue weighted by Gasteiger charge is 2.58. The molecule has 0 saturated heterocycles. The van der Waals surface area contributed by atoms with Gasteiger partial charge >= 0.3 is 5.97 Å². The predicted octanol–water partition coefficient (Wildman–Crippen LogP) is 1.82. The smallest absolute Gasteiger partial charge is 0.309 e. The zero-order valence-electron chi connectivity index (χ0n) is 10.7. The Morgan fingerprint density at radius 3 is 2.47 bits per heavy atom. The van der Waals surface area contributed by atoms with E-state index in [4.69, 9.17) is 0 Å². The first-order chi connectivity index (χ1) is 7.77. The van der Waals surface area contributed by atoms with Gasteiger partial charge in [-0.1, -0.05) is 19.9 Å². The van der Waals surface area contributed by atoms with E-state index in [1.807, 2.05) is 13.8 Å². The second kappa shape index (κ2) is 4.51. The number of carbonyl (C=O) groups is 2. The Bertz CT molecular complexity index is 349. The van der Waals surface area contributed by atoms with Crippen LogP contribution in [0.5, 0.6) is 0 Å². The number of rotatable bonds is 4. The summed E-state index contributed by atoms with van der Waals surface area (Å²) in [4.78, 5) is 23.4. The van der Waals surface area contributed by atoms with Gasteiger partial charge in [0.25, 0.3) is 0 Å². The zero-order valence-corrected chi connectivity index (χ0v) is 10.7. The highest BCUT2D eigenvalue weighted by Crippen LogP contribution is 2.56. The van der Waals surface area contributed by atoms with Crippen LogP contribution in [0.2, 0.25) is 0 Å². The largest absolute Gasteiger partial charge is 0.481 e. The Hall–Kier alpha value is -1.32. The Morgan fingerprint density at radius 1 is 1.47 bits per heavy atom. The molecule has 1 aliphatic rings. The minimum Gasteiger partial charge on any atom is -0.481 e. The van der Waals surface area contributed by atoms with Gasteiger partial charge in [0.1, 0.15) is 0 Å². The van der Waals surface area contributed by atoms with E-state index >= 15 is 0 Å². The molecule has 0 aromatic carbocycles. The van der Waals surface area contributed by atoms with E-state index in [0.717, 1.165) is 0 Å². The molecule has 0 aromatic rings. The van der Waals surface area contributed by atoms with E-state index in [1.165, 1.54) is 0 Å². The van der Waals surface area contributed by atoms with Gasteiger partial charge in [0.15, 0.2) is 0 Å². The minimum absolute atomic E-state index is 0.0696. The van der Waals surface area contributed by atoms with Crippen molar-refractivity contribution < 1.29 is 14.7 Å². The molecule has 2 atom stereocenters. The molecule has 0 aliphatic heterocycles. The molecule has 2 unspecified atom stereocenters. The summed E-state index contributed by atoms with van der Waals surface area (Å²) in [6.07, 6.45) is 2.79. The topological polar surface area (TPSA) is 66.4 Å². The SMILES string of the molecule is C=CCNC(=O)C1CCC(C)(C(=O)O)C1(C)C. The second-order valence-electron chi connectivity index (χ2n) is 5.48. The Labute approximate surface area is 102 Å². The Kier molecular flexibility index (Phi) is 3.65. The van der Waals surface area contributed by atoms with Crippen LogP contribution < -0.4 is 5.32 Å². The zero-order chi connectivity index (χ0) is 13.3. The molecule has 96 valence electrons. The van der Waals surface area contributed by atoms with E-state index in [-0.39, 0.29) is 11.8 Å². The maximum atomic E-state index is 12.0. The number of amides is 1. The van der Waals surface area contributed by atoms with E-state index in [2.05, 4.69) is 11.9 Å². The Balaban J connectivity index is 2.89. The van der Waals surface area contributed by atoms with E-state index < -0.39 is 16.8 Å². The van der Waals surface area contributed by atoms with E-state index in [0.29, 0.717) is 19.4 Å². The van der Waals surface area contributed by atoms with Gasteiger partial charge in [-0.2, -0.15) is 0 Å². The number of aliphatic carboxylic acids is 1. The molecule has 1 fully saturated rings. The predicted molar refractivity (Wildman–Crippen MR) is 65.5 cm³/mol. The first-order valence-electron chi connectivity index (χ1n) is 5.89. The van der Waals surface area contributed by atoms with E-state index in [9.17, 15) is 14.7 Å². The van der Waals surface area contributed by atoms with Crippen molar-refractivity contribution in [1.82, 2.24) is 5.32 Å². The molecule has 17 heavy (non-hydrogen) atoms. The summed E-state index contributed by atoms with van der Waals surface area (Å²) in [5.74, 6) is -1.13. The lowest BCUT2D eigenvalue weighted by Crippen LogP contribution is -2.45. The summed E-state index contributed by atoms with van der Waals surface area (Å²) in [5.41, 5.74) is -1.37.